The van der Waals surface area contributed by atoms with Crippen LogP contribution in [0.4, 0.5) is 0 Å². The number of carbonyl (C=O) groups is 2. The van der Waals surface area contributed by atoms with E-state index in [-0.39, 0.29) is 16.8 Å². The molecule has 2 atom stereocenters. The molecule has 0 aromatic carbocycles. The summed E-state index contributed by atoms with van der Waals surface area (Å²) >= 11 is 0. The summed E-state index contributed by atoms with van der Waals surface area (Å²) in [5.41, 5.74) is -1.24. The molecule has 5 heteroatoms. The van der Waals surface area contributed by atoms with Gasteiger partial charge >= 0.3 is 16.8 Å². The van der Waals surface area contributed by atoms with Crippen LogP contribution in [0.15, 0.2) is 0 Å². The maximum atomic E-state index is 10.8. The van der Waals surface area contributed by atoms with Crippen molar-refractivity contribution in [3.05, 3.63) is 0 Å². The zero-order valence-electron chi connectivity index (χ0n) is 17.4. The molecule has 0 bridgehead atoms. The van der Waals surface area contributed by atoms with Gasteiger partial charge in [0, 0.05) is 22.8 Å². The Morgan fingerprint density at radius 3 is 1.12 bits per heavy atom. The molecule has 0 N–H and O–H groups in total. The van der Waals surface area contributed by atoms with Gasteiger partial charge in [-0.15, -0.1) is 0 Å². The predicted molar refractivity (Wildman–Crippen MR) is 95.0 cm³/mol. The van der Waals surface area contributed by atoms with Crippen LogP contribution in [0.2, 0.25) is 0 Å². The second-order valence-electron chi connectivity index (χ2n) is 8.27. The van der Waals surface area contributed by atoms with Gasteiger partial charge in [-0.1, -0.05) is 68.2 Å². The fraction of sp³-hybridized carbons (Fsp3) is 0.900. The summed E-state index contributed by atoms with van der Waals surface area (Å²) in [5, 5.41) is 21.5. The van der Waals surface area contributed by atoms with Gasteiger partial charge in [0.05, 0.1) is 0 Å². The van der Waals surface area contributed by atoms with E-state index in [1.165, 1.54) is 0 Å². The Morgan fingerprint density at radius 2 is 1.00 bits per heavy atom. The van der Waals surface area contributed by atoms with Crippen LogP contribution in [0.25, 0.3) is 0 Å². The van der Waals surface area contributed by atoms with Crippen molar-refractivity contribution in [1.82, 2.24) is 0 Å². The molecule has 0 aromatic heterocycles. The molecule has 4 nitrogen and oxygen atoms in total. The van der Waals surface area contributed by atoms with Crippen LogP contribution < -0.4 is 10.2 Å². The summed E-state index contributed by atoms with van der Waals surface area (Å²) in [7, 11) is 0. The molecule has 1 radical (unpaired) electrons. The van der Waals surface area contributed by atoms with Gasteiger partial charge < -0.3 is 19.8 Å². The van der Waals surface area contributed by atoms with Crippen LogP contribution in [0.5, 0.6) is 0 Å². The van der Waals surface area contributed by atoms with Crippen LogP contribution in [0, 0.1) is 22.7 Å². The molecule has 0 fully saturated rings. The van der Waals surface area contributed by atoms with Crippen LogP contribution in [0.1, 0.15) is 93.9 Å². The van der Waals surface area contributed by atoms with E-state index in [4.69, 9.17) is 0 Å². The molecule has 25 heavy (non-hydrogen) atoms. The second-order valence-corrected chi connectivity index (χ2v) is 8.27. The number of aliphatic carboxylic acids is 2. The molecule has 2 unspecified atom stereocenters. The quantitative estimate of drug-likeness (QED) is 0.563. The van der Waals surface area contributed by atoms with Crippen molar-refractivity contribution in [3.8, 4) is 0 Å². The van der Waals surface area contributed by atoms with Gasteiger partial charge in [0.1, 0.15) is 0 Å². The topological polar surface area (TPSA) is 80.3 Å². The monoisotopic (exact) mass is 401 g/mol. The van der Waals surface area contributed by atoms with E-state index in [2.05, 4.69) is 27.7 Å². The summed E-state index contributed by atoms with van der Waals surface area (Å²) < 4.78 is 0. The Bertz CT molecular complexity index is 346. The minimum absolute atomic E-state index is 0. The Kier molecular flexibility index (Phi) is 15.9. The fourth-order valence-corrected chi connectivity index (χ4v) is 2.06. The molecule has 151 valence electrons. The standard InChI is InChI=1S/2C10H20O2.Co/c2*1-5-10(4,9(11)12)7-6-8(2)3;/h2*8H,5-7H2,1-4H3,(H,11,12);/q;;+2/p-2. The normalized spacial score (nSPS) is 15.4. The van der Waals surface area contributed by atoms with Crippen molar-refractivity contribution in [2.75, 3.05) is 0 Å². The van der Waals surface area contributed by atoms with Gasteiger partial charge in [-0.25, -0.2) is 0 Å². The first-order valence-electron chi connectivity index (χ1n) is 9.27. The number of hydrogen-bond acceptors (Lipinski definition) is 4. The molecule has 0 spiro atoms. The molecule has 0 heterocycles. The van der Waals surface area contributed by atoms with Gasteiger partial charge in [0.25, 0.3) is 0 Å². The van der Waals surface area contributed by atoms with Gasteiger partial charge in [-0.3, -0.25) is 0 Å². The third kappa shape index (κ3) is 12.4. The summed E-state index contributed by atoms with van der Waals surface area (Å²) in [6.07, 6.45) is 4.67. The van der Waals surface area contributed by atoms with E-state index in [0.717, 1.165) is 25.7 Å². The van der Waals surface area contributed by atoms with E-state index in [9.17, 15) is 19.8 Å². The van der Waals surface area contributed by atoms with E-state index in [0.29, 0.717) is 24.7 Å². The van der Waals surface area contributed by atoms with Gasteiger partial charge in [0.2, 0.25) is 0 Å². The van der Waals surface area contributed by atoms with Crippen LogP contribution in [-0.2, 0) is 26.4 Å². The number of carboxylic acid groups (broad SMARTS) is 2. The molecule has 0 saturated carbocycles. The third-order valence-corrected chi connectivity index (χ3v) is 5.09. The maximum Gasteiger partial charge on any atom is 2.00 e. The molecule has 0 amide bonds. The molecular formula is C20H38CoO4. The summed E-state index contributed by atoms with van der Waals surface area (Å²) in [4.78, 5) is 21.5. The first kappa shape index (κ1) is 29.2. The second kappa shape index (κ2) is 13.6. The Balaban J connectivity index is -0.000000372. The average Bonchev–Trinajstić information content (AvgIpc) is 2.50. The Hall–Kier alpha value is -0.554. The van der Waals surface area contributed by atoms with Gasteiger partial charge in [0.15, 0.2) is 0 Å². The molecule has 0 aliphatic carbocycles. The molecule has 0 rings (SSSR count). The zero-order valence-corrected chi connectivity index (χ0v) is 18.4. The SMILES string of the molecule is CCC(C)(CCC(C)C)C(=O)[O-].CCC(C)(CCC(C)C)C(=O)[O-].[Co+2]. The van der Waals surface area contributed by atoms with E-state index in [1.54, 1.807) is 13.8 Å². The third-order valence-electron chi connectivity index (χ3n) is 5.09. The zero-order chi connectivity index (χ0) is 19.6. The number of rotatable bonds is 10. The van der Waals surface area contributed by atoms with Crippen LogP contribution >= 0.6 is 0 Å². The van der Waals surface area contributed by atoms with Crippen molar-refractivity contribution >= 4 is 11.9 Å². The molecule has 0 saturated heterocycles. The van der Waals surface area contributed by atoms with E-state index < -0.39 is 22.8 Å². The van der Waals surface area contributed by atoms with Crippen molar-refractivity contribution in [2.24, 2.45) is 22.7 Å². The van der Waals surface area contributed by atoms with Crippen LogP contribution in [-0.4, -0.2) is 11.9 Å². The number of carboxylic acids is 2. The van der Waals surface area contributed by atoms with Gasteiger partial charge in [-0.05, 0) is 37.5 Å². The van der Waals surface area contributed by atoms with Crippen molar-refractivity contribution < 1.29 is 36.6 Å². The molecular weight excluding hydrogens is 363 g/mol. The number of hydrogen-bond donors (Lipinski definition) is 0. The van der Waals surface area contributed by atoms with Crippen molar-refractivity contribution in [1.29, 1.82) is 0 Å². The Morgan fingerprint density at radius 1 is 0.760 bits per heavy atom. The molecule has 0 aromatic rings. The number of carbonyl (C=O) groups excluding carboxylic acids is 2. The predicted octanol–water partition coefficient (Wildman–Crippen LogP) is 3.18. The molecule has 0 aliphatic rings. The van der Waals surface area contributed by atoms with Gasteiger partial charge in [-0.2, -0.15) is 0 Å². The minimum Gasteiger partial charge on any atom is -0.550 e. The Labute approximate surface area is 165 Å². The average molecular weight is 401 g/mol. The van der Waals surface area contributed by atoms with Crippen molar-refractivity contribution in [3.63, 3.8) is 0 Å². The minimum atomic E-state index is -0.911. The largest absolute Gasteiger partial charge is 2.00 e. The summed E-state index contributed by atoms with van der Waals surface area (Å²) in [6, 6.07) is 0. The molecule has 0 aliphatic heterocycles. The van der Waals surface area contributed by atoms with E-state index >= 15 is 0 Å². The fourth-order valence-electron chi connectivity index (χ4n) is 2.06. The van der Waals surface area contributed by atoms with Crippen LogP contribution in [0.3, 0.4) is 0 Å². The maximum absolute atomic E-state index is 10.8. The van der Waals surface area contributed by atoms with Crippen molar-refractivity contribution in [2.45, 2.75) is 93.9 Å². The first-order chi connectivity index (χ1) is 10.8. The smallest absolute Gasteiger partial charge is 0.550 e. The first-order valence-corrected chi connectivity index (χ1v) is 9.27. The summed E-state index contributed by atoms with van der Waals surface area (Å²) in [6.45, 7) is 15.7. The summed E-state index contributed by atoms with van der Waals surface area (Å²) in [5.74, 6) is -0.693. The van der Waals surface area contributed by atoms with E-state index in [1.807, 2.05) is 13.8 Å².